The highest BCUT2D eigenvalue weighted by atomic mass is 19.1. The van der Waals surface area contributed by atoms with E-state index in [1.54, 1.807) is 6.07 Å². The number of carbonyl (C=O) groups excluding carboxylic acids is 1. The summed E-state index contributed by atoms with van der Waals surface area (Å²) in [6, 6.07) is 4.85. The van der Waals surface area contributed by atoms with Crippen LogP contribution >= 0.6 is 0 Å². The maximum absolute atomic E-state index is 13.6. The summed E-state index contributed by atoms with van der Waals surface area (Å²) in [5.41, 5.74) is 2.38. The van der Waals surface area contributed by atoms with Crippen LogP contribution in [-0.4, -0.2) is 30.8 Å². The molecule has 1 unspecified atom stereocenters. The molecule has 1 aromatic rings. The summed E-state index contributed by atoms with van der Waals surface area (Å²) in [5.74, 6) is -0.436. The van der Waals surface area contributed by atoms with E-state index < -0.39 is 5.82 Å². The van der Waals surface area contributed by atoms with Gasteiger partial charge in [0.2, 0.25) is 0 Å². The Labute approximate surface area is 113 Å². The summed E-state index contributed by atoms with van der Waals surface area (Å²) in [6.07, 6.45) is 5.71. The van der Waals surface area contributed by atoms with Crippen molar-refractivity contribution in [1.82, 2.24) is 4.90 Å². The van der Waals surface area contributed by atoms with E-state index in [4.69, 9.17) is 0 Å². The van der Waals surface area contributed by atoms with Crippen LogP contribution in [0.1, 0.15) is 42.1 Å². The maximum Gasteiger partial charge on any atom is 0.152 e. The van der Waals surface area contributed by atoms with Crippen molar-refractivity contribution >= 4 is 11.9 Å². The molecule has 1 aliphatic carbocycles. The van der Waals surface area contributed by atoms with Crippen LogP contribution in [0.2, 0.25) is 0 Å². The lowest BCUT2D eigenvalue weighted by molar-refractivity contribution is 0.112. The Morgan fingerprint density at radius 1 is 1.37 bits per heavy atom. The Hall–Kier alpha value is -1.48. The first-order valence-corrected chi connectivity index (χ1v) is 6.58. The minimum atomic E-state index is -0.436. The topological polar surface area (TPSA) is 20.3 Å². The van der Waals surface area contributed by atoms with Crippen LogP contribution < -0.4 is 0 Å². The molecule has 0 saturated carbocycles. The Bertz CT molecular complexity index is 521. The van der Waals surface area contributed by atoms with Gasteiger partial charge in [0, 0.05) is 5.54 Å². The van der Waals surface area contributed by atoms with E-state index in [1.165, 1.54) is 11.6 Å². The van der Waals surface area contributed by atoms with Gasteiger partial charge in [-0.3, -0.25) is 4.79 Å². The molecule has 2 nitrogen and oxygen atoms in total. The zero-order chi connectivity index (χ0) is 14.0. The molecule has 0 spiro atoms. The fourth-order valence-electron chi connectivity index (χ4n) is 2.44. The van der Waals surface area contributed by atoms with Crippen molar-refractivity contribution < 1.29 is 9.18 Å². The molecule has 2 rings (SSSR count). The number of hydrogen-bond acceptors (Lipinski definition) is 2. The maximum atomic E-state index is 13.6. The third-order valence-electron chi connectivity index (χ3n) is 4.30. The molecule has 3 heteroatoms. The zero-order valence-electron chi connectivity index (χ0n) is 11.7. The predicted molar refractivity (Wildman–Crippen MR) is 75.7 cm³/mol. The Morgan fingerprint density at radius 2 is 2.11 bits per heavy atom. The minimum Gasteiger partial charge on any atom is -0.304 e. The number of hydrogen-bond donors (Lipinski definition) is 0. The van der Waals surface area contributed by atoms with Crippen molar-refractivity contribution in [3.8, 4) is 0 Å². The molecule has 0 heterocycles. The minimum absolute atomic E-state index is 0.123. The molecule has 1 atom stereocenters. The number of benzene rings is 1. The van der Waals surface area contributed by atoms with Crippen LogP contribution in [0.5, 0.6) is 0 Å². The van der Waals surface area contributed by atoms with Gasteiger partial charge in [-0.2, -0.15) is 0 Å². The van der Waals surface area contributed by atoms with E-state index in [0.29, 0.717) is 6.29 Å². The Balaban J connectivity index is 2.23. The normalized spacial score (nSPS) is 23.3. The van der Waals surface area contributed by atoms with Gasteiger partial charge in [-0.25, -0.2) is 4.39 Å². The lowest BCUT2D eigenvalue weighted by Crippen LogP contribution is -2.42. The summed E-state index contributed by atoms with van der Waals surface area (Å²) in [7, 11) is 4.19. The number of allylic oxidation sites excluding steroid dienone is 1. The van der Waals surface area contributed by atoms with E-state index in [2.05, 4.69) is 32.0 Å². The molecule has 0 bridgehead atoms. The Morgan fingerprint density at radius 3 is 2.58 bits per heavy atom. The summed E-state index contributed by atoms with van der Waals surface area (Å²) in [5, 5.41) is 0. The lowest BCUT2D eigenvalue weighted by Gasteiger charge is -2.39. The second-order valence-electron chi connectivity index (χ2n) is 5.68. The summed E-state index contributed by atoms with van der Waals surface area (Å²) in [4.78, 5) is 12.9. The van der Waals surface area contributed by atoms with Crippen molar-refractivity contribution in [3.05, 3.63) is 41.2 Å². The highest BCUT2D eigenvalue weighted by molar-refractivity contribution is 5.77. The van der Waals surface area contributed by atoms with Crippen molar-refractivity contribution in [3.63, 3.8) is 0 Å². The predicted octanol–water partition coefficient (Wildman–Crippen LogP) is 3.53. The molecule has 0 saturated heterocycles. The highest BCUT2D eigenvalue weighted by Gasteiger charge is 2.29. The van der Waals surface area contributed by atoms with Crippen LogP contribution in [0.4, 0.5) is 4.39 Å². The van der Waals surface area contributed by atoms with Gasteiger partial charge < -0.3 is 4.90 Å². The van der Waals surface area contributed by atoms with E-state index in [-0.39, 0.29) is 11.1 Å². The van der Waals surface area contributed by atoms with Crippen molar-refractivity contribution in [2.75, 3.05) is 14.1 Å². The SMILES string of the molecule is CN(C)C1(C)CC=C(c2ccc(C=O)c(F)c2)CC1. The number of aldehydes is 1. The van der Waals surface area contributed by atoms with Crippen molar-refractivity contribution in [2.24, 2.45) is 0 Å². The summed E-state index contributed by atoms with van der Waals surface area (Å²) < 4.78 is 13.6. The smallest absolute Gasteiger partial charge is 0.152 e. The lowest BCUT2D eigenvalue weighted by atomic mass is 9.81. The second kappa shape index (κ2) is 5.25. The summed E-state index contributed by atoms with van der Waals surface area (Å²) in [6.45, 7) is 2.25. The van der Waals surface area contributed by atoms with E-state index in [0.717, 1.165) is 24.8 Å². The molecule has 102 valence electrons. The fourth-order valence-corrected chi connectivity index (χ4v) is 2.44. The van der Waals surface area contributed by atoms with Crippen LogP contribution in [0.25, 0.3) is 5.57 Å². The zero-order valence-corrected chi connectivity index (χ0v) is 11.7. The summed E-state index contributed by atoms with van der Waals surface area (Å²) >= 11 is 0. The van der Waals surface area contributed by atoms with Crippen LogP contribution in [0, 0.1) is 5.82 Å². The molecule has 0 radical (unpaired) electrons. The molecular weight excluding hydrogens is 241 g/mol. The van der Waals surface area contributed by atoms with Gasteiger partial charge in [0.1, 0.15) is 5.82 Å². The van der Waals surface area contributed by atoms with E-state index >= 15 is 0 Å². The molecule has 0 N–H and O–H groups in total. The largest absolute Gasteiger partial charge is 0.304 e. The molecule has 0 amide bonds. The van der Waals surface area contributed by atoms with Gasteiger partial charge in [-0.05, 0) is 63.6 Å². The van der Waals surface area contributed by atoms with Crippen LogP contribution in [-0.2, 0) is 0 Å². The first-order chi connectivity index (χ1) is 8.96. The van der Waals surface area contributed by atoms with Gasteiger partial charge >= 0.3 is 0 Å². The molecule has 0 aromatic heterocycles. The third-order valence-corrected chi connectivity index (χ3v) is 4.30. The molecule has 0 aliphatic heterocycles. The van der Waals surface area contributed by atoms with Crippen molar-refractivity contribution in [1.29, 1.82) is 0 Å². The first-order valence-electron chi connectivity index (χ1n) is 6.58. The standard InChI is InChI=1S/C16H20FNO/c1-16(18(2)3)8-6-12(7-9-16)13-4-5-14(11-19)15(17)10-13/h4-6,10-11H,7-9H2,1-3H3. The molecule has 0 fully saturated rings. The average Bonchev–Trinajstić information content (AvgIpc) is 2.39. The second-order valence-corrected chi connectivity index (χ2v) is 5.68. The third kappa shape index (κ3) is 2.76. The average molecular weight is 261 g/mol. The molecule has 1 aromatic carbocycles. The number of nitrogens with zero attached hydrogens (tertiary/aromatic N) is 1. The van der Waals surface area contributed by atoms with Crippen LogP contribution in [0.15, 0.2) is 24.3 Å². The number of carbonyl (C=O) groups is 1. The van der Waals surface area contributed by atoms with Gasteiger partial charge in [-0.1, -0.05) is 12.1 Å². The quantitative estimate of drug-likeness (QED) is 0.776. The van der Waals surface area contributed by atoms with Gasteiger partial charge in [0.25, 0.3) is 0 Å². The van der Waals surface area contributed by atoms with Gasteiger partial charge in [0.05, 0.1) is 5.56 Å². The van der Waals surface area contributed by atoms with Gasteiger partial charge in [-0.15, -0.1) is 0 Å². The Kier molecular flexibility index (Phi) is 3.85. The molecule has 1 aliphatic rings. The molecule has 19 heavy (non-hydrogen) atoms. The van der Waals surface area contributed by atoms with E-state index in [9.17, 15) is 9.18 Å². The number of halogens is 1. The molecular formula is C16H20FNO. The monoisotopic (exact) mass is 261 g/mol. The van der Waals surface area contributed by atoms with E-state index in [1.807, 2.05) is 6.07 Å². The number of rotatable bonds is 3. The highest BCUT2D eigenvalue weighted by Crippen LogP contribution is 2.35. The van der Waals surface area contributed by atoms with Gasteiger partial charge in [0.15, 0.2) is 6.29 Å². The van der Waals surface area contributed by atoms with Crippen molar-refractivity contribution in [2.45, 2.75) is 31.7 Å². The fraction of sp³-hybridized carbons (Fsp3) is 0.438. The van der Waals surface area contributed by atoms with Crippen LogP contribution in [0.3, 0.4) is 0 Å². The first kappa shape index (κ1) is 13.9.